The van der Waals surface area contributed by atoms with Crippen molar-refractivity contribution >= 4 is 33.2 Å². The van der Waals surface area contributed by atoms with E-state index in [-0.39, 0.29) is 29.3 Å². The molecular formula is C14H20N2O5S2. The Balaban J connectivity index is 2.02. The molecule has 9 heteroatoms. The Labute approximate surface area is 139 Å². The van der Waals surface area contributed by atoms with Gasteiger partial charge in [-0.3, -0.25) is 9.59 Å². The third kappa shape index (κ3) is 4.30. The highest BCUT2D eigenvalue weighted by molar-refractivity contribution is 7.89. The number of amides is 1. The van der Waals surface area contributed by atoms with Crippen molar-refractivity contribution < 1.29 is 22.7 Å². The summed E-state index contributed by atoms with van der Waals surface area (Å²) in [6.07, 6.45) is 1.73. The van der Waals surface area contributed by atoms with Crippen molar-refractivity contribution in [3.05, 3.63) is 16.3 Å². The van der Waals surface area contributed by atoms with Gasteiger partial charge in [-0.1, -0.05) is 0 Å². The fourth-order valence-electron chi connectivity index (χ4n) is 2.33. The summed E-state index contributed by atoms with van der Waals surface area (Å²) in [5, 5.41) is 4.15. The number of thiophene rings is 1. The summed E-state index contributed by atoms with van der Waals surface area (Å²) in [6, 6.07) is 1.46. The van der Waals surface area contributed by atoms with Crippen molar-refractivity contribution in [2.45, 2.75) is 31.1 Å². The van der Waals surface area contributed by atoms with E-state index in [2.05, 4.69) is 5.32 Å². The summed E-state index contributed by atoms with van der Waals surface area (Å²) in [5.74, 6) is -0.883. The number of carbonyl (C=O) groups is 2. The smallest absolute Gasteiger partial charge is 0.307 e. The number of esters is 1. The number of rotatable bonds is 7. The second-order valence-corrected chi connectivity index (χ2v) is 7.86. The summed E-state index contributed by atoms with van der Waals surface area (Å²) in [4.78, 5) is 23.6. The Kier molecular flexibility index (Phi) is 6.14. The van der Waals surface area contributed by atoms with E-state index in [4.69, 9.17) is 4.74 Å². The minimum absolute atomic E-state index is 0.0398. The van der Waals surface area contributed by atoms with Crippen molar-refractivity contribution in [2.75, 3.05) is 26.2 Å². The highest BCUT2D eigenvalue weighted by Crippen LogP contribution is 2.27. The molecule has 1 fully saturated rings. The van der Waals surface area contributed by atoms with E-state index in [1.54, 1.807) is 12.3 Å². The molecule has 1 aromatic rings. The third-order valence-electron chi connectivity index (χ3n) is 3.44. The van der Waals surface area contributed by atoms with Crippen molar-refractivity contribution in [2.24, 2.45) is 0 Å². The quantitative estimate of drug-likeness (QED) is 0.738. The van der Waals surface area contributed by atoms with Gasteiger partial charge >= 0.3 is 5.97 Å². The highest BCUT2D eigenvalue weighted by Gasteiger charge is 2.31. The summed E-state index contributed by atoms with van der Waals surface area (Å²) in [7, 11) is -3.63. The van der Waals surface area contributed by atoms with Crippen LogP contribution in [-0.2, 0) is 19.6 Å². The van der Waals surface area contributed by atoms with Crippen LogP contribution in [0.15, 0.2) is 16.3 Å². The lowest BCUT2D eigenvalue weighted by atomic mass is 10.4. The van der Waals surface area contributed by atoms with Crippen LogP contribution in [0.3, 0.4) is 0 Å². The zero-order valence-electron chi connectivity index (χ0n) is 12.9. The van der Waals surface area contributed by atoms with Gasteiger partial charge in [0.05, 0.1) is 13.0 Å². The Hall–Kier alpha value is -1.45. The van der Waals surface area contributed by atoms with E-state index in [1.165, 1.54) is 10.4 Å². The molecule has 1 saturated heterocycles. The van der Waals surface area contributed by atoms with Gasteiger partial charge < -0.3 is 10.1 Å². The minimum Gasteiger partial charge on any atom is -0.466 e. The lowest BCUT2D eigenvalue weighted by Crippen LogP contribution is -2.31. The fraction of sp³-hybridized carbons (Fsp3) is 0.571. The summed E-state index contributed by atoms with van der Waals surface area (Å²) in [5.41, 5.74) is 0. The minimum atomic E-state index is -3.63. The lowest BCUT2D eigenvalue weighted by molar-refractivity contribution is -0.142. The van der Waals surface area contributed by atoms with Crippen LogP contribution >= 0.6 is 11.3 Å². The highest BCUT2D eigenvalue weighted by atomic mass is 32.2. The van der Waals surface area contributed by atoms with Crippen LogP contribution < -0.4 is 5.32 Å². The molecule has 1 aliphatic rings. The first-order valence-electron chi connectivity index (χ1n) is 7.48. The molecule has 0 aromatic carbocycles. The predicted molar refractivity (Wildman–Crippen MR) is 85.9 cm³/mol. The Morgan fingerprint density at radius 2 is 2.04 bits per heavy atom. The number of hydrogen-bond donors (Lipinski definition) is 1. The summed E-state index contributed by atoms with van der Waals surface area (Å²) < 4.78 is 31.3. The molecule has 1 aromatic heterocycles. The van der Waals surface area contributed by atoms with Crippen LogP contribution in [0.25, 0.3) is 0 Å². The average molecular weight is 360 g/mol. The topological polar surface area (TPSA) is 92.8 Å². The number of carbonyl (C=O) groups excluding carboxylic acids is 2. The molecule has 1 N–H and O–H groups in total. The van der Waals surface area contributed by atoms with Gasteiger partial charge in [0.2, 0.25) is 10.0 Å². The maximum Gasteiger partial charge on any atom is 0.307 e. The molecule has 128 valence electrons. The summed E-state index contributed by atoms with van der Waals surface area (Å²) >= 11 is 1.08. The maximum absolute atomic E-state index is 12.6. The average Bonchev–Trinajstić information content (AvgIpc) is 3.19. The zero-order valence-corrected chi connectivity index (χ0v) is 14.5. The molecule has 0 atom stereocenters. The van der Waals surface area contributed by atoms with E-state index >= 15 is 0 Å². The Morgan fingerprint density at radius 1 is 1.35 bits per heavy atom. The van der Waals surface area contributed by atoms with Crippen LogP contribution in [0.4, 0.5) is 0 Å². The molecule has 23 heavy (non-hydrogen) atoms. The number of sulfonamides is 1. The monoisotopic (exact) mass is 360 g/mol. The lowest BCUT2D eigenvalue weighted by Gasteiger charge is -2.15. The SMILES string of the molecule is CCOC(=O)CCNC(=O)c1sccc1S(=O)(=O)N1CCCC1. The number of ether oxygens (including phenoxy) is 1. The van der Waals surface area contributed by atoms with Gasteiger partial charge in [0.15, 0.2) is 0 Å². The molecule has 0 bridgehead atoms. The van der Waals surface area contributed by atoms with Crippen LogP contribution in [0.5, 0.6) is 0 Å². The van der Waals surface area contributed by atoms with E-state index < -0.39 is 21.9 Å². The van der Waals surface area contributed by atoms with Crippen LogP contribution in [0.1, 0.15) is 35.9 Å². The number of nitrogens with zero attached hydrogens (tertiary/aromatic N) is 1. The fourth-order valence-corrected chi connectivity index (χ4v) is 5.16. The third-order valence-corrected chi connectivity index (χ3v) is 6.42. The largest absolute Gasteiger partial charge is 0.466 e. The van der Waals surface area contributed by atoms with E-state index in [9.17, 15) is 18.0 Å². The molecule has 1 aliphatic heterocycles. The first-order valence-corrected chi connectivity index (χ1v) is 9.80. The van der Waals surface area contributed by atoms with Crippen molar-refractivity contribution in [1.29, 1.82) is 0 Å². The predicted octanol–water partition coefficient (Wildman–Crippen LogP) is 1.22. The molecular weight excluding hydrogens is 340 g/mol. The Morgan fingerprint density at radius 3 is 2.70 bits per heavy atom. The molecule has 0 radical (unpaired) electrons. The zero-order chi connectivity index (χ0) is 16.9. The van der Waals surface area contributed by atoms with Crippen molar-refractivity contribution in [3.63, 3.8) is 0 Å². The molecule has 2 heterocycles. The van der Waals surface area contributed by atoms with Crippen LogP contribution in [0.2, 0.25) is 0 Å². The first-order chi connectivity index (χ1) is 11.0. The maximum atomic E-state index is 12.6. The molecule has 7 nitrogen and oxygen atoms in total. The van der Waals surface area contributed by atoms with Gasteiger partial charge in [0.1, 0.15) is 9.77 Å². The number of nitrogens with one attached hydrogen (secondary N) is 1. The molecule has 0 spiro atoms. The standard InChI is InChI=1S/C14H20N2O5S2/c1-2-21-12(17)5-7-15-14(18)13-11(6-10-22-13)23(19,20)16-8-3-4-9-16/h6,10H,2-5,7-9H2,1H3,(H,15,18). The molecule has 0 aliphatic carbocycles. The van der Waals surface area contributed by atoms with Crippen LogP contribution in [0, 0.1) is 0 Å². The first kappa shape index (κ1) is 17.9. The molecule has 2 rings (SSSR count). The van der Waals surface area contributed by atoms with Gasteiger partial charge in [0, 0.05) is 19.6 Å². The second kappa shape index (κ2) is 7.89. The molecule has 0 saturated carbocycles. The van der Waals surface area contributed by atoms with Gasteiger partial charge in [-0.25, -0.2) is 8.42 Å². The van der Waals surface area contributed by atoms with Crippen molar-refractivity contribution in [3.8, 4) is 0 Å². The van der Waals surface area contributed by atoms with Gasteiger partial charge in [-0.2, -0.15) is 4.31 Å². The van der Waals surface area contributed by atoms with Gasteiger partial charge in [0.25, 0.3) is 5.91 Å². The van der Waals surface area contributed by atoms with Crippen LogP contribution in [-0.4, -0.2) is 50.8 Å². The van der Waals surface area contributed by atoms with Crippen molar-refractivity contribution in [1.82, 2.24) is 9.62 Å². The molecule has 0 unspecified atom stereocenters. The van der Waals surface area contributed by atoms with E-state index in [0.717, 1.165) is 24.2 Å². The van der Waals surface area contributed by atoms with Gasteiger partial charge in [-0.05, 0) is 31.2 Å². The normalized spacial score (nSPS) is 15.5. The number of hydrogen-bond acceptors (Lipinski definition) is 6. The molecule has 1 amide bonds. The summed E-state index contributed by atoms with van der Waals surface area (Å²) in [6.45, 7) is 3.08. The van der Waals surface area contributed by atoms with E-state index in [1.807, 2.05) is 0 Å². The van der Waals surface area contributed by atoms with Gasteiger partial charge in [-0.15, -0.1) is 11.3 Å². The second-order valence-electron chi connectivity index (χ2n) is 5.04. The Bertz CT molecular complexity index is 662. The van der Waals surface area contributed by atoms with E-state index in [0.29, 0.717) is 13.1 Å².